The van der Waals surface area contributed by atoms with Gasteiger partial charge in [0.25, 0.3) is 0 Å². The number of phenols is 1. The molecule has 4 atom stereocenters. The number of nitrogens with zero attached hydrogens (tertiary/aromatic N) is 1. The maximum absolute atomic E-state index is 13.2. The first-order valence-electron chi connectivity index (χ1n) is 10.4. The first kappa shape index (κ1) is 22.6. The van der Waals surface area contributed by atoms with E-state index in [4.69, 9.17) is 9.39 Å². The highest BCUT2D eigenvalue weighted by Gasteiger charge is 2.57. The molecule has 31 heavy (non-hydrogen) atoms. The summed E-state index contributed by atoms with van der Waals surface area (Å²) < 4.78 is 11.7. The standard InChI is InChI=1S/C21H25BINO7/c1-3-4-24-20(27)13-5-11(9-25)18-12(17(13)21(24)28)8-15(31-22(18)29)10-6-14(23)19(26)16(7-10)30-2/h6-7,12-13,15,17,25-26,29H,3-5,8-9H2,1-2H3/t12-,13-,15-,17+/m0/s1. The zero-order chi connectivity index (χ0) is 22.4. The van der Waals surface area contributed by atoms with Crippen molar-refractivity contribution in [2.45, 2.75) is 32.3 Å². The maximum atomic E-state index is 13.2. The quantitative estimate of drug-likeness (QED) is 0.296. The Hall–Kier alpha value is -1.63. The number of aliphatic hydroxyl groups excluding tert-OH is 1. The second-order valence-electron chi connectivity index (χ2n) is 8.25. The number of allylic oxidation sites excluding steroid dienone is 1. The maximum Gasteiger partial charge on any atom is 0.487 e. The van der Waals surface area contributed by atoms with Crippen molar-refractivity contribution in [3.8, 4) is 11.5 Å². The minimum Gasteiger partial charge on any atom is -0.504 e. The van der Waals surface area contributed by atoms with E-state index in [1.54, 1.807) is 12.1 Å². The van der Waals surface area contributed by atoms with Crippen molar-refractivity contribution in [1.29, 1.82) is 0 Å². The summed E-state index contributed by atoms with van der Waals surface area (Å²) in [5.41, 5.74) is 1.81. The molecule has 0 unspecified atom stereocenters. The summed E-state index contributed by atoms with van der Waals surface area (Å²) in [5, 5.41) is 30.9. The number of hydrogen-bond donors (Lipinski definition) is 3. The lowest BCUT2D eigenvalue weighted by atomic mass is 9.55. The monoisotopic (exact) mass is 541 g/mol. The van der Waals surface area contributed by atoms with Gasteiger partial charge in [0.1, 0.15) is 0 Å². The lowest BCUT2D eigenvalue weighted by molar-refractivity contribution is -0.140. The molecule has 166 valence electrons. The Kier molecular flexibility index (Phi) is 6.35. The van der Waals surface area contributed by atoms with Crippen LogP contribution < -0.4 is 4.74 Å². The Morgan fingerprint density at radius 2 is 2.03 bits per heavy atom. The molecule has 2 heterocycles. The molecule has 1 aliphatic carbocycles. The average Bonchev–Trinajstić information content (AvgIpc) is 2.99. The summed E-state index contributed by atoms with van der Waals surface area (Å²) in [5.74, 6) is -1.58. The molecule has 8 nitrogen and oxygen atoms in total. The molecule has 4 rings (SSSR count). The number of methoxy groups -OCH3 is 1. The SMILES string of the molecule is CCCN1C(=O)[C@H]2[C@H](CC(CO)=C3B(O)O[C@H](c4cc(I)c(O)c(OC)c4)C[C@H]32)C1=O. The van der Waals surface area contributed by atoms with E-state index in [1.165, 1.54) is 12.0 Å². The molecule has 2 saturated heterocycles. The summed E-state index contributed by atoms with van der Waals surface area (Å²) in [6.45, 7) is 2.00. The second-order valence-corrected chi connectivity index (χ2v) is 9.42. The first-order chi connectivity index (χ1) is 14.8. The van der Waals surface area contributed by atoms with Crippen LogP contribution >= 0.6 is 22.6 Å². The number of halogens is 1. The molecule has 2 aliphatic heterocycles. The molecule has 2 fully saturated rings. The van der Waals surface area contributed by atoms with Crippen LogP contribution in [0.1, 0.15) is 37.9 Å². The van der Waals surface area contributed by atoms with Crippen LogP contribution in [-0.4, -0.2) is 59.3 Å². The molecule has 1 aromatic rings. The van der Waals surface area contributed by atoms with Gasteiger partial charge in [0.2, 0.25) is 11.8 Å². The molecular formula is C21H25BINO7. The number of rotatable bonds is 5. The number of ether oxygens (including phenoxy) is 1. The van der Waals surface area contributed by atoms with E-state index in [9.17, 15) is 24.8 Å². The van der Waals surface area contributed by atoms with Gasteiger partial charge in [-0.15, -0.1) is 0 Å². The predicted octanol–water partition coefficient (Wildman–Crippen LogP) is 1.81. The van der Waals surface area contributed by atoms with Crippen molar-refractivity contribution in [3.63, 3.8) is 0 Å². The fourth-order valence-corrected chi connectivity index (χ4v) is 5.84. The average molecular weight is 541 g/mol. The van der Waals surface area contributed by atoms with Crippen LogP contribution in [0, 0.1) is 21.3 Å². The third-order valence-electron chi connectivity index (χ3n) is 6.58. The van der Waals surface area contributed by atoms with E-state index in [-0.39, 0.29) is 30.6 Å². The molecule has 0 saturated carbocycles. The smallest absolute Gasteiger partial charge is 0.487 e. The predicted molar refractivity (Wildman–Crippen MR) is 120 cm³/mol. The molecule has 3 aliphatic rings. The van der Waals surface area contributed by atoms with Crippen molar-refractivity contribution in [1.82, 2.24) is 4.90 Å². The summed E-state index contributed by atoms with van der Waals surface area (Å²) in [6.07, 6.45) is 0.747. The third-order valence-corrected chi connectivity index (χ3v) is 7.41. The van der Waals surface area contributed by atoms with Crippen molar-refractivity contribution in [2.75, 3.05) is 20.3 Å². The van der Waals surface area contributed by atoms with Crippen molar-refractivity contribution >= 4 is 41.5 Å². The van der Waals surface area contributed by atoms with Crippen LogP contribution in [0.4, 0.5) is 0 Å². The van der Waals surface area contributed by atoms with Gasteiger partial charge in [-0.2, -0.15) is 0 Å². The van der Waals surface area contributed by atoms with Crippen LogP contribution in [0.3, 0.4) is 0 Å². The van der Waals surface area contributed by atoms with Crippen molar-refractivity contribution < 1.29 is 34.2 Å². The van der Waals surface area contributed by atoms with E-state index >= 15 is 0 Å². The number of amides is 2. The molecule has 0 radical (unpaired) electrons. The minimum atomic E-state index is -1.28. The summed E-state index contributed by atoms with van der Waals surface area (Å²) in [7, 11) is 0.170. The fourth-order valence-electron chi connectivity index (χ4n) is 5.22. The highest BCUT2D eigenvalue weighted by Crippen LogP contribution is 2.51. The number of benzene rings is 1. The number of hydrogen-bond acceptors (Lipinski definition) is 7. The molecule has 1 aromatic carbocycles. The number of aromatic hydroxyl groups is 1. The minimum absolute atomic E-state index is 0.0239. The number of carbonyl (C=O) groups excluding carboxylic acids is 2. The Morgan fingerprint density at radius 1 is 1.29 bits per heavy atom. The van der Waals surface area contributed by atoms with E-state index in [0.29, 0.717) is 45.3 Å². The number of carbonyl (C=O) groups is 2. The zero-order valence-electron chi connectivity index (χ0n) is 17.4. The van der Waals surface area contributed by atoms with Gasteiger partial charge in [0.05, 0.1) is 35.2 Å². The van der Waals surface area contributed by atoms with Crippen LogP contribution in [0.2, 0.25) is 0 Å². The van der Waals surface area contributed by atoms with Gasteiger partial charge in [-0.05, 0) is 76.5 Å². The lowest BCUT2D eigenvalue weighted by Crippen LogP contribution is -2.45. The van der Waals surface area contributed by atoms with E-state index in [1.807, 2.05) is 29.5 Å². The number of imide groups is 1. The van der Waals surface area contributed by atoms with Gasteiger partial charge in [-0.1, -0.05) is 6.92 Å². The topological polar surface area (TPSA) is 117 Å². The Labute approximate surface area is 194 Å². The lowest BCUT2D eigenvalue weighted by Gasteiger charge is -2.42. The van der Waals surface area contributed by atoms with Crippen LogP contribution in [0.15, 0.2) is 23.2 Å². The van der Waals surface area contributed by atoms with E-state index in [2.05, 4.69) is 0 Å². The number of aliphatic hydroxyl groups is 1. The summed E-state index contributed by atoms with van der Waals surface area (Å²) in [4.78, 5) is 27.4. The normalized spacial score (nSPS) is 28.2. The molecule has 3 N–H and O–H groups in total. The Morgan fingerprint density at radius 3 is 2.68 bits per heavy atom. The van der Waals surface area contributed by atoms with Gasteiger partial charge in [-0.3, -0.25) is 14.5 Å². The number of fused-ring (bicyclic) bond motifs is 3. The highest BCUT2D eigenvalue weighted by molar-refractivity contribution is 14.1. The number of phenolic OH excluding ortho intramolecular Hbond substituents is 1. The molecule has 0 bridgehead atoms. The van der Waals surface area contributed by atoms with Crippen molar-refractivity contribution in [3.05, 3.63) is 32.3 Å². The summed E-state index contributed by atoms with van der Waals surface area (Å²) in [6, 6.07) is 3.41. The zero-order valence-corrected chi connectivity index (χ0v) is 19.5. The van der Waals surface area contributed by atoms with Crippen LogP contribution in [0.25, 0.3) is 0 Å². The molecule has 2 amide bonds. The Balaban J connectivity index is 1.73. The van der Waals surface area contributed by atoms with Gasteiger partial charge in [-0.25, -0.2) is 0 Å². The van der Waals surface area contributed by atoms with Crippen molar-refractivity contribution in [2.24, 2.45) is 17.8 Å². The summed E-state index contributed by atoms with van der Waals surface area (Å²) >= 11 is 1.99. The van der Waals surface area contributed by atoms with Gasteiger partial charge in [0, 0.05) is 6.54 Å². The highest BCUT2D eigenvalue weighted by atomic mass is 127. The van der Waals surface area contributed by atoms with Gasteiger partial charge >= 0.3 is 7.12 Å². The largest absolute Gasteiger partial charge is 0.504 e. The number of likely N-dealkylation sites (tertiary alicyclic amines) is 1. The van der Waals surface area contributed by atoms with E-state index < -0.39 is 31.0 Å². The molecular weight excluding hydrogens is 516 g/mol. The van der Waals surface area contributed by atoms with Crippen LogP contribution in [0.5, 0.6) is 11.5 Å². The third kappa shape index (κ3) is 3.67. The Bertz CT molecular complexity index is 952. The fraction of sp³-hybridized carbons (Fsp3) is 0.524. The van der Waals surface area contributed by atoms with Gasteiger partial charge in [0.15, 0.2) is 11.5 Å². The van der Waals surface area contributed by atoms with Gasteiger partial charge < -0.3 is 24.6 Å². The van der Waals surface area contributed by atoms with Crippen LogP contribution in [-0.2, 0) is 14.2 Å². The van der Waals surface area contributed by atoms with E-state index in [0.717, 1.165) is 0 Å². The molecule has 10 heteroatoms. The molecule has 0 spiro atoms. The molecule has 0 aromatic heterocycles. The first-order valence-corrected chi connectivity index (χ1v) is 11.5. The second kappa shape index (κ2) is 8.72.